The molecule has 1 aliphatic rings. The van der Waals surface area contributed by atoms with E-state index in [-0.39, 0.29) is 5.12 Å². The van der Waals surface area contributed by atoms with Gasteiger partial charge in [0.05, 0.1) is 6.61 Å². The monoisotopic (exact) mass is 293 g/mol. The second-order valence-corrected chi connectivity index (χ2v) is 6.17. The molecule has 0 saturated heterocycles. The number of nitrogens with zero attached hydrogens (tertiary/aromatic N) is 1. The molecule has 1 aliphatic heterocycles. The molecule has 0 bridgehead atoms. The van der Waals surface area contributed by atoms with Gasteiger partial charge in [-0.05, 0) is 36.6 Å². The lowest BCUT2D eigenvalue weighted by atomic mass is 10.1. The fourth-order valence-corrected chi connectivity index (χ4v) is 3.35. The summed E-state index contributed by atoms with van der Waals surface area (Å²) in [6.07, 6.45) is 1.80. The van der Waals surface area contributed by atoms with Gasteiger partial charge in [-0.2, -0.15) is 0 Å². The third kappa shape index (κ3) is 3.64. The number of benzene rings is 1. The molecule has 0 atom stereocenters. The zero-order valence-electron chi connectivity index (χ0n) is 10.9. The first-order valence-corrected chi connectivity index (χ1v) is 7.92. The van der Waals surface area contributed by atoms with Crippen LogP contribution in [0.15, 0.2) is 35.0 Å². The first-order chi connectivity index (χ1) is 9.24. The zero-order chi connectivity index (χ0) is 13.7. The number of hydrogen-bond donors (Lipinski definition) is 0. The van der Waals surface area contributed by atoms with E-state index in [1.165, 1.54) is 11.8 Å². The van der Waals surface area contributed by atoms with E-state index in [2.05, 4.69) is 4.99 Å². The number of aliphatic imine (C=N–C) groups is 1. The molecule has 0 N–H and O–H groups in total. The summed E-state index contributed by atoms with van der Waals surface area (Å²) in [5.41, 5.74) is 1.38. The van der Waals surface area contributed by atoms with Crippen molar-refractivity contribution in [3.63, 3.8) is 0 Å². The van der Waals surface area contributed by atoms with Crippen LogP contribution in [0.25, 0.3) is 6.08 Å². The SMILES string of the molecule is CCOc1ccccc1/C=C1/N=C(SCC)SC1=O. The molecule has 0 spiro atoms. The third-order valence-corrected chi connectivity index (χ3v) is 4.27. The van der Waals surface area contributed by atoms with Gasteiger partial charge in [0.1, 0.15) is 15.8 Å². The Labute approximate surface area is 121 Å². The predicted octanol–water partition coefficient (Wildman–Crippen LogP) is 3.81. The molecule has 19 heavy (non-hydrogen) atoms. The van der Waals surface area contributed by atoms with Gasteiger partial charge in [0.2, 0.25) is 5.12 Å². The maximum absolute atomic E-state index is 11.9. The Kier molecular flexibility index (Phi) is 5.10. The van der Waals surface area contributed by atoms with Crippen molar-refractivity contribution in [2.24, 2.45) is 4.99 Å². The highest BCUT2D eigenvalue weighted by Gasteiger charge is 2.22. The molecule has 0 aromatic heterocycles. The van der Waals surface area contributed by atoms with Gasteiger partial charge in [0.15, 0.2) is 0 Å². The van der Waals surface area contributed by atoms with Crippen LogP contribution in [0.3, 0.4) is 0 Å². The van der Waals surface area contributed by atoms with Crippen molar-refractivity contribution in [3.8, 4) is 5.75 Å². The molecule has 0 amide bonds. The van der Waals surface area contributed by atoms with Crippen molar-refractivity contribution in [2.45, 2.75) is 13.8 Å². The van der Waals surface area contributed by atoms with E-state index >= 15 is 0 Å². The number of carbonyl (C=O) groups excluding carboxylic acids is 1. The molecular weight excluding hydrogens is 278 g/mol. The zero-order valence-corrected chi connectivity index (χ0v) is 12.5. The Morgan fingerprint density at radius 1 is 1.37 bits per heavy atom. The second-order valence-electron chi connectivity index (χ2n) is 3.70. The summed E-state index contributed by atoms with van der Waals surface area (Å²) in [6.45, 7) is 4.59. The minimum absolute atomic E-state index is 0.00208. The van der Waals surface area contributed by atoms with Crippen LogP contribution < -0.4 is 4.74 Å². The highest BCUT2D eigenvalue weighted by molar-refractivity contribution is 8.45. The summed E-state index contributed by atoms with van der Waals surface area (Å²) in [4.78, 5) is 16.2. The Morgan fingerprint density at radius 3 is 2.89 bits per heavy atom. The first kappa shape index (κ1) is 14.2. The summed E-state index contributed by atoms with van der Waals surface area (Å²) in [5.74, 6) is 1.70. The normalized spacial score (nSPS) is 16.8. The summed E-state index contributed by atoms with van der Waals surface area (Å²) in [5, 5.41) is 0.00208. The van der Waals surface area contributed by atoms with E-state index in [0.717, 1.165) is 21.4 Å². The Morgan fingerprint density at radius 2 is 2.16 bits per heavy atom. The average molecular weight is 293 g/mol. The van der Waals surface area contributed by atoms with Crippen molar-refractivity contribution in [1.29, 1.82) is 0 Å². The minimum atomic E-state index is 0.00208. The highest BCUT2D eigenvalue weighted by Crippen LogP contribution is 2.32. The Balaban J connectivity index is 2.28. The lowest BCUT2D eigenvalue weighted by Gasteiger charge is -2.06. The van der Waals surface area contributed by atoms with Crippen LogP contribution >= 0.6 is 23.5 Å². The standard InChI is InChI=1S/C14H15NO2S2/c1-3-17-12-8-6-5-7-10(12)9-11-13(16)19-14(15-11)18-4-2/h5-9H,3-4H2,1-2H3/b11-9+. The van der Waals surface area contributed by atoms with Crippen molar-refractivity contribution in [3.05, 3.63) is 35.5 Å². The minimum Gasteiger partial charge on any atom is -0.493 e. The molecule has 5 heteroatoms. The highest BCUT2D eigenvalue weighted by atomic mass is 32.2. The van der Waals surface area contributed by atoms with Gasteiger partial charge in [-0.15, -0.1) is 0 Å². The van der Waals surface area contributed by atoms with E-state index in [4.69, 9.17) is 4.74 Å². The van der Waals surface area contributed by atoms with Crippen molar-refractivity contribution < 1.29 is 9.53 Å². The maximum atomic E-state index is 11.9. The van der Waals surface area contributed by atoms with Gasteiger partial charge in [0.25, 0.3) is 0 Å². The van der Waals surface area contributed by atoms with Crippen LogP contribution in [0.5, 0.6) is 5.75 Å². The van der Waals surface area contributed by atoms with Crippen molar-refractivity contribution >= 4 is 39.1 Å². The third-order valence-electron chi connectivity index (χ3n) is 2.38. The number of para-hydroxylation sites is 1. The van der Waals surface area contributed by atoms with Crippen LogP contribution in [0.1, 0.15) is 19.4 Å². The van der Waals surface area contributed by atoms with Crippen LogP contribution in [0.2, 0.25) is 0 Å². The summed E-state index contributed by atoms with van der Waals surface area (Å²) in [7, 11) is 0. The lowest BCUT2D eigenvalue weighted by Crippen LogP contribution is -1.94. The van der Waals surface area contributed by atoms with Gasteiger partial charge in [-0.3, -0.25) is 4.79 Å². The average Bonchev–Trinajstić information content (AvgIpc) is 2.73. The summed E-state index contributed by atoms with van der Waals surface area (Å²) < 4.78 is 6.37. The molecule has 0 aliphatic carbocycles. The van der Waals surface area contributed by atoms with Gasteiger partial charge < -0.3 is 4.74 Å². The molecule has 0 saturated carbocycles. The van der Waals surface area contributed by atoms with Crippen LogP contribution in [-0.2, 0) is 4.79 Å². The van der Waals surface area contributed by atoms with E-state index in [1.54, 1.807) is 17.8 Å². The van der Waals surface area contributed by atoms with Crippen LogP contribution in [0.4, 0.5) is 0 Å². The Hall–Kier alpha value is -1.20. The molecule has 0 radical (unpaired) electrons. The van der Waals surface area contributed by atoms with E-state index in [9.17, 15) is 4.79 Å². The lowest BCUT2D eigenvalue weighted by molar-refractivity contribution is -0.107. The fraction of sp³-hybridized carbons (Fsp3) is 0.286. The van der Waals surface area contributed by atoms with E-state index in [0.29, 0.717) is 12.3 Å². The molecule has 3 nitrogen and oxygen atoms in total. The largest absolute Gasteiger partial charge is 0.493 e. The smallest absolute Gasteiger partial charge is 0.244 e. The number of rotatable bonds is 4. The van der Waals surface area contributed by atoms with Gasteiger partial charge >= 0.3 is 0 Å². The van der Waals surface area contributed by atoms with E-state index < -0.39 is 0 Å². The van der Waals surface area contributed by atoms with Gasteiger partial charge in [0, 0.05) is 5.56 Å². The molecule has 0 fully saturated rings. The summed E-state index contributed by atoms with van der Waals surface area (Å²) in [6, 6.07) is 7.66. The van der Waals surface area contributed by atoms with Gasteiger partial charge in [-0.1, -0.05) is 36.9 Å². The number of ether oxygens (including phenoxy) is 1. The van der Waals surface area contributed by atoms with E-state index in [1.807, 2.05) is 38.1 Å². The van der Waals surface area contributed by atoms with Crippen LogP contribution in [-0.4, -0.2) is 21.9 Å². The molecule has 0 unspecified atom stereocenters. The topological polar surface area (TPSA) is 38.7 Å². The molecule has 1 heterocycles. The van der Waals surface area contributed by atoms with Crippen molar-refractivity contribution in [1.82, 2.24) is 0 Å². The summed E-state index contributed by atoms with van der Waals surface area (Å²) >= 11 is 2.79. The molecule has 100 valence electrons. The number of hydrogen-bond acceptors (Lipinski definition) is 5. The molecule has 1 aromatic rings. The number of carbonyl (C=O) groups is 1. The molecular formula is C14H15NO2S2. The number of thioether (sulfide) groups is 2. The first-order valence-electron chi connectivity index (χ1n) is 6.11. The molecule has 2 rings (SSSR count). The maximum Gasteiger partial charge on any atom is 0.244 e. The predicted molar refractivity (Wildman–Crippen MR) is 83.8 cm³/mol. The molecule has 1 aromatic carbocycles. The quantitative estimate of drug-likeness (QED) is 0.791. The second kappa shape index (κ2) is 6.82. The Bertz CT molecular complexity index is 538. The van der Waals surface area contributed by atoms with Crippen molar-refractivity contribution in [2.75, 3.05) is 12.4 Å². The fourth-order valence-electron chi connectivity index (χ4n) is 1.61. The van der Waals surface area contributed by atoms with Crippen LogP contribution in [0, 0.1) is 0 Å². The van der Waals surface area contributed by atoms with Gasteiger partial charge in [-0.25, -0.2) is 4.99 Å².